The van der Waals surface area contributed by atoms with Crippen molar-refractivity contribution in [3.63, 3.8) is 0 Å². The zero-order valence-electron chi connectivity index (χ0n) is 12.6. The lowest BCUT2D eigenvalue weighted by atomic mass is 9.98. The van der Waals surface area contributed by atoms with Gasteiger partial charge >= 0.3 is 0 Å². The third kappa shape index (κ3) is 3.04. The minimum absolute atomic E-state index is 0.309. The van der Waals surface area contributed by atoms with Crippen LogP contribution >= 0.6 is 0 Å². The summed E-state index contributed by atoms with van der Waals surface area (Å²) in [6.45, 7) is 0. The lowest BCUT2D eigenvalue weighted by molar-refractivity contribution is 0.149. The number of rotatable bonds is 4. The van der Waals surface area contributed by atoms with Crippen molar-refractivity contribution in [2.24, 2.45) is 0 Å². The third-order valence-corrected chi connectivity index (χ3v) is 4.01. The minimum atomic E-state index is 0.309. The number of benzene rings is 1. The summed E-state index contributed by atoms with van der Waals surface area (Å²) in [4.78, 5) is 4.60. The first-order valence-corrected chi connectivity index (χ1v) is 7.49. The molecule has 112 valence electrons. The van der Waals surface area contributed by atoms with Crippen molar-refractivity contribution < 1.29 is 14.2 Å². The fourth-order valence-electron chi connectivity index (χ4n) is 2.85. The first-order valence-electron chi connectivity index (χ1n) is 7.49. The van der Waals surface area contributed by atoms with Gasteiger partial charge in [0.1, 0.15) is 6.10 Å². The van der Waals surface area contributed by atoms with Crippen LogP contribution in [-0.4, -0.2) is 25.3 Å². The van der Waals surface area contributed by atoms with E-state index in [4.69, 9.17) is 14.2 Å². The van der Waals surface area contributed by atoms with E-state index in [1.165, 1.54) is 19.3 Å². The first kappa shape index (κ1) is 14.0. The molecule has 0 N–H and O–H groups in total. The maximum atomic E-state index is 6.01. The summed E-state index contributed by atoms with van der Waals surface area (Å²) < 4.78 is 16.7. The molecule has 2 aromatic rings. The molecular formula is C17H21NO3. The Balaban J connectivity index is 1.88. The highest BCUT2D eigenvalue weighted by molar-refractivity contribution is 5.83. The molecule has 1 aromatic carbocycles. The van der Waals surface area contributed by atoms with E-state index in [1.807, 2.05) is 24.3 Å². The number of hydrogen-bond acceptors (Lipinski definition) is 4. The molecule has 21 heavy (non-hydrogen) atoms. The van der Waals surface area contributed by atoms with Gasteiger partial charge in [0.2, 0.25) is 5.88 Å². The zero-order chi connectivity index (χ0) is 14.7. The van der Waals surface area contributed by atoms with Crippen LogP contribution in [0.2, 0.25) is 0 Å². The number of methoxy groups -OCH3 is 2. The molecule has 0 saturated heterocycles. The first-order chi connectivity index (χ1) is 10.3. The molecule has 1 aromatic heterocycles. The van der Waals surface area contributed by atoms with Crippen LogP contribution in [0, 0.1) is 0 Å². The topological polar surface area (TPSA) is 40.6 Å². The van der Waals surface area contributed by atoms with Gasteiger partial charge in [-0.15, -0.1) is 0 Å². The SMILES string of the molecule is COc1cc2ccc(OC3CCCCC3)nc2cc1OC. The van der Waals surface area contributed by atoms with Crippen LogP contribution in [0.25, 0.3) is 10.9 Å². The van der Waals surface area contributed by atoms with Gasteiger partial charge < -0.3 is 14.2 Å². The maximum Gasteiger partial charge on any atom is 0.214 e. The largest absolute Gasteiger partial charge is 0.493 e. The number of hydrogen-bond donors (Lipinski definition) is 0. The van der Waals surface area contributed by atoms with Crippen molar-refractivity contribution in [1.82, 2.24) is 4.98 Å². The standard InChI is InChI=1S/C17H21NO3/c1-19-15-10-12-8-9-17(18-14(12)11-16(15)20-2)21-13-6-4-3-5-7-13/h8-11,13H,3-7H2,1-2H3. The molecular weight excluding hydrogens is 266 g/mol. The van der Waals surface area contributed by atoms with Gasteiger partial charge in [-0.3, -0.25) is 0 Å². The van der Waals surface area contributed by atoms with Crippen LogP contribution in [0.15, 0.2) is 24.3 Å². The number of ether oxygens (including phenoxy) is 3. The van der Waals surface area contributed by atoms with Crippen LogP contribution in [0.4, 0.5) is 0 Å². The molecule has 4 heteroatoms. The predicted octanol–water partition coefficient (Wildman–Crippen LogP) is 3.96. The Morgan fingerprint density at radius 3 is 2.38 bits per heavy atom. The Bertz CT molecular complexity index is 621. The number of nitrogens with zero attached hydrogens (tertiary/aromatic N) is 1. The summed E-state index contributed by atoms with van der Waals surface area (Å²) in [7, 11) is 3.27. The molecule has 0 aliphatic heterocycles. The van der Waals surface area contributed by atoms with E-state index in [0.717, 1.165) is 23.7 Å². The fraction of sp³-hybridized carbons (Fsp3) is 0.471. The summed E-state index contributed by atoms with van der Waals surface area (Å²) in [5, 5.41) is 1.02. The average molecular weight is 287 g/mol. The van der Waals surface area contributed by atoms with Gasteiger partial charge in [0.15, 0.2) is 11.5 Å². The van der Waals surface area contributed by atoms with Gasteiger partial charge in [-0.25, -0.2) is 4.98 Å². The molecule has 0 unspecified atom stereocenters. The van der Waals surface area contributed by atoms with E-state index in [2.05, 4.69) is 4.98 Å². The Morgan fingerprint density at radius 1 is 0.952 bits per heavy atom. The monoisotopic (exact) mass is 287 g/mol. The molecule has 1 aliphatic rings. The predicted molar refractivity (Wildman–Crippen MR) is 82.3 cm³/mol. The highest BCUT2D eigenvalue weighted by Gasteiger charge is 2.16. The Hall–Kier alpha value is -1.97. The van der Waals surface area contributed by atoms with E-state index in [-0.39, 0.29) is 0 Å². The Kier molecular flexibility index (Phi) is 4.13. The summed E-state index contributed by atoms with van der Waals surface area (Å²) in [6, 6.07) is 7.78. The number of fused-ring (bicyclic) bond motifs is 1. The van der Waals surface area contributed by atoms with Crippen LogP contribution in [0.1, 0.15) is 32.1 Å². The van der Waals surface area contributed by atoms with Gasteiger partial charge in [-0.2, -0.15) is 0 Å². The molecule has 0 bridgehead atoms. The number of aromatic nitrogens is 1. The van der Waals surface area contributed by atoms with E-state index in [9.17, 15) is 0 Å². The van der Waals surface area contributed by atoms with Crippen molar-refractivity contribution in [2.75, 3.05) is 14.2 Å². The third-order valence-electron chi connectivity index (χ3n) is 4.01. The molecule has 0 spiro atoms. The summed E-state index contributed by atoms with van der Waals surface area (Å²) in [5.74, 6) is 2.10. The second-order valence-electron chi connectivity index (χ2n) is 5.43. The molecule has 4 nitrogen and oxygen atoms in total. The lowest BCUT2D eigenvalue weighted by Crippen LogP contribution is -2.20. The quantitative estimate of drug-likeness (QED) is 0.853. The fourth-order valence-corrected chi connectivity index (χ4v) is 2.85. The molecule has 0 amide bonds. The minimum Gasteiger partial charge on any atom is -0.493 e. The smallest absolute Gasteiger partial charge is 0.214 e. The van der Waals surface area contributed by atoms with Crippen LogP contribution in [0.3, 0.4) is 0 Å². The van der Waals surface area contributed by atoms with Crippen molar-refractivity contribution in [1.29, 1.82) is 0 Å². The zero-order valence-corrected chi connectivity index (χ0v) is 12.6. The van der Waals surface area contributed by atoms with Gasteiger partial charge in [0, 0.05) is 17.5 Å². The van der Waals surface area contributed by atoms with Crippen LogP contribution in [0.5, 0.6) is 17.4 Å². The summed E-state index contributed by atoms with van der Waals surface area (Å²) in [6.07, 6.45) is 6.40. The van der Waals surface area contributed by atoms with E-state index in [1.54, 1.807) is 14.2 Å². The second-order valence-corrected chi connectivity index (χ2v) is 5.43. The second kappa shape index (κ2) is 6.20. The van der Waals surface area contributed by atoms with E-state index < -0.39 is 0 Å². The van der Waals surface area contributed by atoms with E-state index in [0.29, 0.717) is 23.5 Å². The Labute approximate surface area is 125 Å². The molecule has 1 saturated carbocycles. The van der Waals surface area contributed by atoms with Crippen LogP contribution < -0.4 is 14.2 Å². The van der Waals surface area contributed by atoms with Gasteiger partial charge in [0.05, 0.1) is 19.7 Å². The van der Waals surface area contributed by atoms with Gasteiger partial charge in [0.25, 0.3) is 0 Å². The normalized spacial score (nSPS) is 15.9. The highest BCUT2D eigenvalue weighted by Crippen LogP contribution is 2.32. The molecule has 1 aliphatic carbocycles. The molecule has 3 rings (SSSR count). The molecule has 1 fully saturated rings. The van der Waals surface area contributed by atoms with Crippen LogP contribution in [-0.2, 0) is 0 Å². The summed E-state index contributed by atoms with van der Waals surface area (Å²) >= 11 is 0. The summed E-state index contributed by atoms with van der Waals surface area (Å²) in [5.41, 5.74) is 0.862. The van der Waals surface area contributed by atoms with Gasteiger partial charge in [-0.05, 0) is 37.8 Å². The maximum absolute atomic E-state index is 6.01. The van der Waals surface area contributed by atoms with Crippen molar-refractivity contribution in [3.8, 4) is 17.4 Å². The Morgan fingerprint density at radius 2 is 1.67 bits per heavy atom. The number of pyridine rings is 1. The lowest BCUT2D eigenvalue weighted by Gasteiger charge is -2.22. The van der Waals surface area contributed by atoms with Crippen molar-refractivity contribution >= 4 is 10.9 Å². The van der Waals surface area contributed by atoms with Crippen molar-refractivity contribution in [2.45, 2.75) is 38.2 Å². The highest BCUT2D eigenvalue weighted by atomic mass is 16.5. The van der Waals surface area contributed by atoms with Crippen molar-refractivity contribution in [3.05, 3.63) is 24.3 Å². The average Bonchev–Trinajstić information content (AvgIpc) is 2.54. The van der Waals surface area contributed by atoms with Gasteiger partial charge in [-0.1, -0.05) is 6.42 Å². The molecule has 0 radical (unpaired) electrons. The molecule has 0 atom stereocenters. The molecule has 1 heterocycles. The van der Waals surface area contributed by atoms with E-state index >= 15 is 0 Å².